The first-order chi connectivity index (χ1) is 14.0. The third-order valence-corrected chi connectivity index (χ3v) is 4.93. The summed E-state index contributed by atoms with van der Waals surface area (Å²) in [6.45, 7) is 12.3. The highest BCUT2D eigenvalue weighted by atomic mass is 16.5. The van der Waals surface area contributed by atoms with Crippen molar-refractivity contribution in [3.05, 3.63) is 57.4 Å². The predicted molar refractivity (Wildman–Crippen MR) is 114 cm³/mol. The number of rotatable bonds is 7. The van der Waals surface area contributed by atoms with Crippen molar-refractivity contribution >= 4 is 17.8 Å². The van der Waals surface area contributed by atoms with Crippen molar-refractivity contribution in [2.75, 3.05) is 6.61 Å². The van der Waals surface area contributed by atoms with E-state index in [1.54, 1.807) is 27.7 Å². The number of H-pyrrole nitrogens is 1. The summed E-state index contributed by atoms with van der Waals surface area (Å²) >= 11 is 0. The van der Waals surface area contributed by atoms with Gasteiger partial charge in [0.1, 0.15) is 5.69 Å². The number of aryl methyl sites for hydroxylation is 3. The molecule has 1 aromatic heterocycles. The smallest absolute Gasteiger partial charge is 0.355 e. The van der Waals surface area contributed by atoms with Crippen LogP contribution in [0, 0.1) is 27.7 Å². The number of aromatic amines is 1. The van der Waals surface area contributed by atoms with Crippen LogP contribution in [0.25, 0.3) is 0 Å². The van der Waals surface area contributed by atoms with E-state index in [2.05, 4.69) is 10.3 Å². The summed E-state index contributed by atoms with van der Waals surface area (Å²) in [4.78, 5) is 39.8. The maximum Gasteiger partial charge on any atom is 0.355 e. The average Bonchev–Trinajstić information content (AvgIpc) is 2.95. The molecule has 0 aliphatic rings. The molecule has 0 aliphatic carbocycles. The molecule has 2 aromatic rings. The number of aromatic nitrogens is 1. The molecule has 30 heavy (non-hydrogen) atoms. The van der Waals surface area contributed by atoms with Crippen LogP contribution in [-0.2, 0) is 14.3 Å². The zero-order valence-electron chi connectivity index (χ0n) is 18.6. The van der Waals surface area contributed by atoms with Crippen LogP contribution in [0.2, 0.25) is 0 Å². The van der Waals surface area contributed by atoms with Crippen LogP contribution in [0.5, 0.6) is 0 Å². The molecule has 7 heteroatoms. The molecular weight excluding hydrogens is 384 g/mol. The van der Waals surface area contributed by atoms with Crippen molar-refractivity contribution in [3.8, 4) is 0 Å². The molecule has 1 atom stereocenters. The Hall–Kier alpha value is -3.09. The zero-order valence-corrected chi connectivity index (χ0v) is 18.6. The highest BCUT2D eigenvalue weighted by Crippen LogP contribution is 2.21. The summed E-state index contributed by atoms with van der Waals surface area (Å²) in [5.74, 6) is -1.61. The van der Waals surface area contributed by atoms with Crippen molar-refractivity contribution in [2.24, 2.45) is 0 Å². The van der Waals surface area contributed by atoms with E-state index in [1.165, 1.54) is 5.56 Å². The van der Waals surface area contributed by atoms with Crippen molar-refractivity contribution in [2.45, 2.75) is 60.6 Å². The molecular formula is C23H30N2O5. The molecule has 0 unspecified atom stereocenters. The van der Waals surface area contributed by atoms with E-state index in [4.69, 9.17) is 9.47 Å². The van der Waals surface area contributed by atoms with Crippen LogP contribution in [0.4, 0.5) is 0 Å². The average molecular weight is 415 g/mol. The van der Waals surface area contributed by atoms with E-state index in [0.717, 1.165) is 11.1 Å². The normalized spacial score (nSPS) is 11.9. The summed E-state index contributed by atoms with van der Waals surface area (Å²) in [6, 6.07) is 5.77. The van der Waals surface area contributed by atoms with Gasteiger partial charge >= 0.3 is 11.9 Å². The molecule has 1 heterocycles. The van der Waals surface area contributed by atoms with E-state index < -0.39 is 24.5 Å². The fraction of sp³-hybridized carbons (Fsp3) is 0.435. The number of ether oxygens (including phenoxy) is 2. The van der Waals surface area contributed by atoms with Gasteiger partial charge in [0.05, 0.1) is 17.7 Å². The number of benzene rings is 1. The first kappa shape index (κ1) is 23.2. The van der Waals surface area contributed by atoms with Crippen molar-refractivity contribution in [3.63, 3.8) is 0 Å². The summed E-state index contributed by atoms with van der Waals surface area (Å²) < 4.78 is 10.4. The largest absolute Gasteiger partial charge is 0.459 e. The SMILES string of the molecule is Cc1ccc([C@H](C)NC(=O)COC(=O)c2[nH]c(C)c(C(=O)OC(C)C)c2C)cc1C. The minimum absolute atomic E-state index is 0.137. The maximum atomic E-state index is 12.4. The molecule has 162 valence electrons. The molecule has 7 nitrogen and oxygen atoms in total. The van der Waals surface area contributed by atoms with Gasteiger partial charge in [0.15, 0.2) is 6.61 Å². The van der Waals surface area contributed by atoms with Gasteiger partial charge in [0.25, 0.3) is 5.91 Å². The Balaban J connectivity index is 1.99. The van der Waals surface area contributed by atoms with Crippen LogP contribution in [-0.4, -0.2) is 35.5 Å². The summed E-state index contributed by atoms with van der Waals surface area (Å²) in [5.41, 5.74) is 4.69. The Morgan fingerprint density at radius 1 is 1.00 bits per heavy atom. The minimum Gasteiger partial charge on any atom is -0.459 e. The first-order valence-corrected chi connectivity index (χ1v) is 9.95. The minimum atomic E-state index is -0.701. The zero-order chi connectivity index (χ0) is 22.6. The van der Waals surface area contributed by atoms with Gasteiger partial charge in [-0.05, 0) is 70.7 Å². The van der Waals surface area contributed by atoms with Gasteiger partial charge in [0, 0.05) is 5.69 Å². The standard InChI is InChI=1S/C23H30N2O5/c1-12(2)30-22(27)20-15(5)21(25-17(20)7)23(28)29-11-19(26)24-16(6)18-9-8-13(3)14(4)10-18/h8-10,12,16,25H,11H2,1-7H3,(H,24,26)/t16-/m0/s1. The van der Waals surface area contributed by atoms with Crippen molar-refractivity contribution < 1.29 is 23.9 Å². The van der Waals surface area contributed by atoms with Crippen LogP contribution >= 0.6 is 0 Å². The topological polar surface area (TPSA) is 97.5 Å². The number of carbonyl (C=O) groups is 3. The van der Waals surface area contributed by atoms with Crippen LogP contribution in [0.15, 0.2) is 18.2 Å². The monoisotopic (exact) mass is 414 g/mol. The number of hydrogen-bond acceptors (Lipinski definition) is 5. The number of amides is 1. The lowest BCUT2D eigenvalue weighted by Crippen LogP contribution is -2.31. The summed E-state index contributed by atoms with van der Waals surface area (Å²) in [7, 11) is 0. The van der Waals surface area contributed by atoms with E-state index in [0.29, 0.717) is 16.8 Å². The Kier molecular flexibility index (Phi) is 7.43. The van der Waals surface area contributed by atoms with Crippen LogP contribution in [0.1, 0.15) is 75.6 Å². The number of nitrogens with one attached hydrogen (secondary N) is 2. The molecule has 2 rings (SSSR count). The highest BCUT2D eigenvalue weighted by molar-refractivity contribution is 5.99. The van der Waals surface area contributed by atoms with Crippen LogP contribution < -0.4 is 5.32 Å². The van der Waals surface area contributed by atoms with Gasteiger partial charge in [-0.15, -0.1) is 0 Å². The lowest BCUT2D eigenvalue weighted by molar-refractivity contribution is -0.124. The lowest BCUT2D eigenvalue weighted by atomic mass is 10.0. The lowest BCUT2D eigenvalue weighted by Gasteiger charge is -2.15. The molecule has 0 radical (unpaired) electrons. The Bertz CT molecular complexity index is 959. The fourth-order valence-electron chi connectivity index (χ4n) is 3.14. The summed E-state index contributed by atoms with van der Waals surface area (Å²) in [5, 5.41) is 2.82. The predicted octanol–water partition coefficient (Wildman–Crippen LogP) is 3.85. The molecule has 0 bridgehead atoms. The number of esters is 2. The van der Waals surface area contributed by atoms with Gasteiger partial charge in [-0.2, -0.15) is 0 Å². The quantitative estimate of drug-likeness (QED) is 0.671. The Labute approximate surface area is 177 Å². The molecule has 0 spiro atoms. The van der Waals surface area contributed by atoms with Crippen molar-refractivity contribution in [1.29, 1.82) is 0 Å². The first-order valence-electron chi connectivity index (χ1n) is 9.95. The van der Waals surface area contributed by atoms with Crippen molar-refractivity contribution in [1.82, 2.24) is 10.3 Å². The number of hydrogen-bond donors (Lipinski definition) is 2. The van der Waals surface area contributed by atoms with Gasteiger partial charge in [-0.25, -0.2) is 9.59 Å². The van der Waals surface area contributed by atoms with Gasteiger partial charge in [-0.3, -0.25) is 4.79 Å². The second-order valence-electron chi connectivity index (χ2n) is 7.79. The van der Waals surface area contributed by atoms with Gasteiger partial charge in [0.2, 0.25) is 0 Å². The van der Waals surface area contributed by atoms with E-state index in [-0.39, 0.29) is 17.8 Å². The van der Waals surface area contributed by atoms with Gasteiger partial charge in [-0.1, -0.05) is 18.2 Å². The summed E-state index contributed by atoms with van der Waals surface area (Å²) in [6.07, 6.45) is -0.274. The molecule has 0 saturated heterocycles. The molecule has 0 saturated carbocycles. The second-order valence-corrected chi connectivity index (χ2v) is 7.79. The molecule has 1 aromatic carbocycles. The third-order valence-electron chi connectivity index (χ3n) is 4.93. The molecule has 0 aliphatic heterocycles. The number of carbonyl (C=O) groups excluding carboxylic acids is 3. The van der Waals surface area contributed by atoms with E-state index in [9.17, 15) is 14.4 Å². The highest BCUT2D eigenvalue weighted by Gasteiger charge is 2.25. The molecule has 2 N–H and O–H groups in total. The second kappa shape index (κ2) is 9.61. The van der Waals surface area contributed by atoms with Crippen LogP contribution in [0.3, 0.4) is 0 Å². The van der Waals surface area contributed by atoms with E-state index >= 15 is 0 Å². The molecule has 0 fully saturated rings. The Morgan fingerprint density at radius 3 is 2.27 bits per heavy atom. The molecule has 1 amide bonds. The van der Waals surface area contributed by atoms with Gasteiger partial charge < -0.3 is 19.8 Å². The maximum absolute atomic E-state index is 12.4. The van der Waals surface area contributed by atoms with E-state index in [1.807, 2.05) is 39.0 Å². The Morgan fingerprint density at radius 2 is 1.67 bits per heavy atom. The fourth-order valence-corrected chi connectivity index (χ4v) is 3.14. The third kappa shape index (κ3) is 5.49.